The van der Waals surface area contributed by atoms with Crippen molar-refractivity contribution in [3.05, 3.63) is 46.3 Å². The Hall–Kier alpha value is -2.23. The van der Waals surface area contributed by atoms with Crippen molar-refractivity contribution in [2.75, 3.05) is 26.3 Å². The van der Waals surface area contributed by atoms with Gasteiger partial charge in [-0.1, -0.05) is 23.9 Å². The fraction of sp³-hybridized carbons (Fsp3) is 0.444. The molecule has 0 saturated carbocycles. The summed E-state index contributed by atoms with van der Waals surface area (Å²) in [6.07, 6.45) is 0. The lowest BCUT2D eigenvalue weighted by Gasteiger charge is -2.26. The Labute approximate surface area is 161 Å². The van der Waals surface area contributed by atoms with Crippen LogP contribution in [0, 0.1) is 0 Å². The zero-order chi connectivity index (χ0) is 18.6. The molecule has 8 nitrogen and oxygen atoms in total. The van der Waals surface area contributed by atoms with E-state index in [9.17, 15) is 4.79 Å². The predicted octanol–water partition coefficient (Wildman–Crippen LogP) is 1.66. The monoisotopic (exact) mass is 386 g/mol. The van der Waals surface area contributed by atoms with Crippen molar-refractivity contribution in [1.82, 2.24) is 29.6 Å². The Kier molecular flexibility index (Phi) is 5.51. The Morgan fingerprint density at radius 2 is 2.04 bits per heavy atom. The first-order chi connectivity index (χ1) is 13.2. The number of fused-ring (bicyclic) bond motifs is 1. The number of thioether (sulfide) groups is 1. The summed E-state index contributed by atoms with van der Waals surface area (Å²) in [6, 6.07) is 7.36. The van der Waals surface area contributed by atoms with Gasteiger partial charge in [-0.25, -0.2) is 4.98 Å². The van der Waals surface area contributed by atoms with Crippen molar-refractivity contribution in [2.45, 2.75) is 30.9 Å². The molecule has 0 radical (unpaired) electrons. The maximum Gasteiger partial charge on any atom is 0.258 e. The number of para-hydroxylation sites is 1. The van der Waals surface area contributed by atoms with E-state index >= 15 is 0 Å². The zero-order valence-electron chi connectivity index (χ0n) is 15.2. The summed E-state index contributed by atoms with van der Waals surface area (Å²) < 4.78 is 7.53. The number of ether oxygens (including phenoxy) is 1. The van der Waals surface area contributed by atoms with E-state index in [0.29, 0.717) is 22.5 Å². The fourth-order valence-electron chi connectivity index (χ4n) is 3.16. The van der Waals surface area contributed by atoms with Gasteiger partial charge in [-0.15, -0.1) is 10.2 Å². The van der Waals surface area contributed by atoms with E-state index in [1.807, 2.05) is 18.2 Å². The summed E-state index contributed by atoms with van der Waals surface area (Å²) in [5.74, 6) is 2.14. The van der Waals surface area contributed by atoms with Crippen molar-refractivity contribution in [1.29, 1.82) is 0 Å². The summed E-state index contributed by atoms with van der Waals surface area (Å²) in [5, 5.41) is 10.2. The van der Waals surface area contributed by atoms with Crippen molar-refractivity contribution in [2.24, 2.45) is 0 Å². The first-order valence-electron chi connectivity index (χ1n) is 9.07. The first-order valence-corrected chi connectivity index (χ1v) is 10.1. The van der Waals surface area contributed by atoms with Crippen molar-refractivity contribution in [3.63, 3.8) is 0 Å². The quantitative estimate of drug-likeness (QED) is 0.645. The topological polar surface area (TPSA) is 88.9 Å². The van der Waals surface area contributed by atoms with Gasteiger partial charge in [-0.05, 0) is 19.1 Å². The summed E-state index contributed by atoms with van der Waals surface area (Å²) in [7, 11) is 0. The molecule has 1 fully saturated rings. The van der Waals surface area contributed by atoms with Crippen LogP contribution in [0.15, 0.2) is 34.2 Å². The molecular formula is C18H22N6O2S. The highest BCUT2D eigenvalue weighted by molar-refractivity contribution is 7.98. The van der Waals surface area contributed by atoms with Gasteiger partial charge in [-0.3, -0.25) is 9.69 Å². The van der Waals surface area contributed by atoms with E-state index in [-0.39, 0.29) is 5.56 Å². The minimum atomic E-state index is -0.110. The number of hydrogen-bond donors (Lipinski definition) is 1. The SMILES string of the molecule is CCn1c(CN2CCOCC2)nnc1SCc1nc2ccccc2c(=O)[nH]1. The minimum Gasteiger partial charge on any atom is -0.379 e. The molecule has 142 valence electrons. The first kappa shape index (κ1) is 18.1. The van der Waals surface area contributed by atoms with Crippen LogP contribution >= 0.6 is 11.8 Å². The van der Waals surface area contributed by atoms with E-state index in [4.69, 9.17) is 4.74 Å². The molecule has 0 bridgehead atoms. The molecule has 0 amide bonds. The second-order valence-corrected chi connectivity index (χ2v) is 7.29. The number of benzene rings is 1. The third-order valence-electron chi connectivity index (χ3n) is 4.58. The van der Waals surface area contributed by atoms with Gasteiger partial charge in [0, 0.05) is 19.6 Å². The van der Waals surface area contributed by atoms with Gasteiger partial charge in [0.15, 0.2) is 5.16 Å². The number of rotatable bonds is 6. The summed E-state index contributed by atoms with van der Waals surface area (Å²) in [5.41, 5.74) is 0.600. The highest BCUT2D eigenvalue weighted by Gasteiger charge is 2.17. The molecule has 2 aromatic heterocycles. The molecule has 4 rings (SSSR count). The molecule has 1 N–H and O–H groups in total. The Morgan fingerprint density at radius 1 is 1.22 bits per heavy atom. The van der Waals surface area contributed by atoms with E-state index in [2.05, 4.69) is 36.6 Å². The Bertz CT molecular complexity index is 979. The van der Waals surface area contributed by atoms with E-state index < -0.39 is 0 Å². The van der Waals surface area contributed by atoms with Crippen LogP contribution in [0.4, 0.5) is 0 Å². The molecule has 1 aliphatic heterocycles. The molecule has 1 saturated heterocycles. The largest absolute Gasteiger partial charge is 0.379 e. The Morgan fingerprint density at radius 3 is 2.85 bits per heavy atom. The normalized spacial score (nSPS) is 15.4. The maximum atomic E-state index is 12.2. The lowest BCUT2D eigenvalue weighted by molar-refractivity contribution is 0.0325. The third-order valence-corrected chi connectivity index (χ3v) is 5.56. The van der Waals surface area contributed by atoms with Gasteiger partial charge in [0.1, 0.15) is 11.6 Å². The average Bonchev–Trinajstić information content (AvgIpc) is 3.08. The van der Waals surface area contributed by atoms with Crippen molar-refractivity contribution >= 4 is 22.7 Å². The molecule has 0 spiro atoms. The van der Waals surface area contributed by atoms with E-state index in [1.165, 1.54) is 11.8 Å². The number of hydrogen-bond acceptors (Lipinski definition) is 7. The average molecular weight is 386 g/mol. The second kappa shape index (κ2) is 8.20. The number of H-pyrrole nitrogens is 1. The van der Waals surface area contributed by atoms with E-state index in [0.717, 1.165) is 50.4 Å². The molecule has 27 heavy (non-hydrogen) atoms. The summed E-state index contributed by atoms with van der Waals surface area (Å²) in [4.78, 5) is 22.0. The van der Waals surface area contributed by atoms with Crippen LogP contribution in [0.5, 0.6) is 0 Å². The minimum absolute atomic E-state index is 0.110. The molecule has 9 heteroatoms. The van der Waals surface area contributed by atoms with Gasteiger partial charge < -0.3 is 14.3 Å². The van der Waals surface area contributed by atoms with Gasteiger partial charge >= 0.3 is 0 Å². The summed E-state index contributed by atoms with van der Waals surface area (Å²) in [6.45, 7) is 7.03. The predicted molar refractivity (Wildman–Crippen MR) is 104 cm³/mol. The maximum absolute atomic E-state index is 12.2. The lowest BCUT2D eigenvalue weighted by Crippen LogP contribution is -2.36. The zero-order valence-corrected chi connectivity index (χ0v) is 16.0. The molecule has 1 aliphatic rings. The van der Waals surface area contributed by atoms with Gasteiger partial charge in [0.05, 0.1) is 36.4 Å². The van der Waals surface area contributed by atoms with Crippen molar-refractivity contribution in [3.8, 4) is 0 Å². The number of nitrogens with one attached hydrogen (secondary N) is 1. The fourth-order valence-corrected chi connectivity index (χ4v) is 4.05. The third kappa shape index (κ3) is 4.05. The van der Waals surface area contributed by atoms with Crippen LogP contribution < -0.4 is 5.56 Å². The van der Waals surface area contributed by atoms with Crippen LogP contribution in [-0.4, -0.2) is 55.9 Å². The lowest BCUT2D eigenvalue weighted by atomic mass is 10.2. The molecule has 0 unspecified atom stereocenters. The van der Waals surface area contributed by atoms with Gasteiger partial charge in [0.25, 0.3) is 5.56 Å². The number of aromatic nitrogens is 5. The smallest absolute Gasteiger partial charge is 0.258 e. The highest BCUT2D eigenvalue weighted by Crippen LogP contribution is 2.21. The van der Waals surface area contributed by atoms with Crippen LogP contribution in [0.25, 0.3) is 10.9 Å². The Balaban J connectivity index is 1.49. The molecule has 3 aromatic rings. The van der Waals surface area contributed by atoms with E-state index in [1.54, 1.807) is 6.07 Å². The number of morpholine rings is 1. The van der Waals surface area contributed by atoms with Crippen LogP contribution in [0.3, 0.4) is 0 Å². The van der Waals surface area contributed by atoms with Crippen molar-refractivity contribution < 1.29 is 4.74 Å². The second-order valence-electron chi connectivity index (χ2n) is 6.35. The standard InChI is InChI=1S/C18H22N6O2S/c1-2-24-16(11-23-7-9-26-10-8-23)21-22-18(24)27-12-15-19-14-6-4-3-5-13(14)17(25)20-15/h3-6H,2,7-12H2,1H3,(H,19,20,25). The van der Waals surface area contributed by atoms with Crippen LogP contribution in [0.1, 0.15) is 18.6 Å². The van der Waals surface area contributed by atoms with Gasteiger partial charge in [-0.2, -0.15) is 0 Å². The molecule has 1 aromatic carbocycles. The number of nitrogens with zero attached hydrogens (tertiary/aromatic N) is 5. The molecule has 0 aliphatic carbocycles. The summed E-state index contributed by atoms with van der Waals surface area (Å²) >= 11 is 1.54. The molecular weight excluding hydrogens is 364 g/mol. The molecule has 0 atom stereocenters. The number of aromatic amines is 1. The highest BCUT2D eigenvalue weighted by atomic mass is 32.2. The molecule has 3 heterocycles. The van der Waals surface area contributed by atoms with Gasteiger partial charge in [0.2, 0.25) is 0 Å². The van der Waals surface area contributed by atoms with Crippen LogP contribution in [-0.2, 0) is 23.6 Å². The van der Waals surface area contributed by atoms with Crippen LogP contribution in [0.2, 0.25) is 0 Å².